The first-order valence-electron chi connectivity index (χ1n) is 9.96. The van der Waals surface area contributed by atoms with E-state index in [1.165, 1.54) is 16.7 Å². The summed E-state index contributed by atoms with van der Waals surface area (Å²) in [5.41, 5.74) is 4.01. The van der Waals surface area contributed by atoms with Gasteiger partial charge >= 0.3 is 0 Å². The summed E-state index contributed by atoms with van der Waals surface area (Å²) in [6, 6.07) is 19.9. The molecule has 27 heavy (non-hydrogen) atoms. The number of piperidine rings is 1. The van der Waals surface area contributed by atoms with Crippen LogP contribution in [0.4, 0.5) is 0 Å². The average molecular weight is 363 g/mol. The van der Waals surface area contributed by atoms with Gasteiger partial charge in [0.15, 0.2) is 0 Å². The number of aryl methyl sites for hydroxylation is 1. The number of carbonyl (C=O) groups excluding carboxylic acids is 1. The maximum Gasteiger partial charge on any atom is 0.224 e. The lowest BCUT2D eigenvalue weighted by Crippen LogP contribution is -2.44. The van der Waals surface area contributed by atoms with Crippen LogP contribution in [0.3, 0.4) is 0 Å². The predicted octanol–water partition coefficient (Wildman–Crippen LogP) is 4.50. The number of nitrogens with zero attached hydrogens (tertiary/aromatic N) is 1. The molecule has 1 saturated heterocycles. The molecule has 3 heteroatoms. The molecule has 0 bridgehead atoms. The smallest absolute Gasteiger partial charge is 0.224 e. The Kier molecular flexibility index (Phi) is 6.83. The Morgan fingerprint density at radius 1 is 1.11 bits per heavy atom. The van der Waals surface area contributed by atoms with E-state index in [1.54, 1.807) is 6.08 Å². The number of carbonyl (C=O) groups is 1. The average Bonchev–Trinajstić information content (AvgIpc) is 2.73. The first-order valence-corrected chi connectivity index (χ1v) is 9.96. The van der Waals surface area contributed by atoms with Gasteiger partial charge in [-0.2, -0.15) is 0 Å². The summed E-state index contributed by atoms with van der Waals surface area (Å²) in [7, 11) is 0. The highest BCUT2D eigenvalue weighted by Gasteiger charge is 2.32. The summed E-state index contributed by atoms with van der Waals surface area (Å²) >= 11 is 0. The van der Waals surface area contributed by atoms with Gasteiger partial charge in [-0.1, -0.05) is 67.6 Å². The van der Waals surface area contributed by atoms with Crippen LogP contribution in [0.1, 0.15) is 42.5 Å². The second-order valence-corrected chi connectivity index (χ2v) is 7.33. The minimum atomic E-state index is 0.0415. The molecule has 0 aliphatic carbocycles. The lowest BCUT2D eigenvalue weighted by molar-refractivity contribution is -0.127. The molecule has 1 aliphatic heterocycles. The van der Waals surface area contributed by atoms with E-state index in [0.717, 1.165) is 32.4 Å². The number of hydrogen-bond donors (Lipinski definition) is 1. The Balaban J connectivity index is 1.78. The van der Waals surface area contributed by atoms with E-state index in [9.17, 15) is 4.79 Å². The van der Waals surface area contributed by atoms with Crippen LogP contribution < -0.4 is 5.32 Å². The zero-order chi connectivity index (χ0) is 19.1. The van der Waals surface area contributed by atoms with Crippen LogP contribution in [0, 0.1) is 5.92 Å². The standard InChI is InChI=1S/C24H30N2O/c1-3-16-25-24(27)22-14-15-23(21-12-10-19(4-2)11-13-21)26(18-22)17-20-8-6-5-7-9-20/h3,5-13,22-23H,1,4,14-18H2,2H3,(H,25,27)/t22-,23+/m0/s1. The second kappa shape index (κ2) is 9.52. The fourth-order valence-electron chi connectivity index (χ4n) is 3.92. The number of benzene rings is 2. The van der Waals surface area contributed by atoms with E-state index >= 15 is 0 Å². The van der Waals surface area contributed by atoms with Crippen LogP contribution in [0.5, 0.6) is 0 Å². The van der Waals surface area contributed by atoms with Crippen molar-refractivity contribution in [1.29, 1.82) is 0 Å². The molecule has 0 unspecified atom stereocenters. The van der Waals surface area contributed by atoms with E-state index in [4.69, 9.17) is 0 Å². The molecular weight excluding hydrogens is 332 g/mol. The number of hydrogen-bond acceptors (Lipinski definition) is 2. The fourth-order valence-corrected chi connectivity index (χ4v) is 3.92. The van der Waals surface area contributed by atoms with Gasteiger partial charge in [0.1, 0.15) is 0 Å². The van der Waals surface area contributed by atoms with Gasteiger partial charge in [-0.25, -0.2) is 0 Å². The predicted molar refractivity (Wildman–Crippen MR) is 111 cm³/mol. The van der Waals surface area contributed by atoms with Crippen molar-refractivity contribution in [2.75, 3.05) is 13.1 Å². The lowest BCUT2D eigenvalue weighted by atomic mass is 9.87. The summed E-state index contributed by atoms with van der Waals surface area (Å²) in [6.45, 7) is 8.07. The highest BCUT2D eigenvalue weighted by atomic mass is 16.1. The number of nitrogens with one attached hydrogen (secondary N) is 1. The zero-order valence-electron chi connectivity index (χ0n) is 16.2. The first kappa shape index (κ1) is 19.4. The highest BCUT2D eigenvalue weighted by Crippen LogP contribution is 2.34. The van der Waals surface area contributed by atoms with Gasteiger partial charge in [0.05, 0.1) is 5.92 Å². The molecule has 1 aliphatic rings. The highest BCUT2D eigenvalue weighted by molar-refractivity contribution is 5.79. The maximum atomic E-state index is 12.5. The van der Waals surface area contributed by atoms with Crippen LogP contribution in [0.15, 0.2) is 67.3 Å². The second-order valence-electron chi connectivity index (χ2n) is 7.33. The van der Waals surface area contributed by atoms with E-state index in [0.29, 0.717) is 12.6 Å². The SMILES string of the molecule is C=CCNC(=O)[C@H]1CC[C@H](c2ccc(CC)cc2)N(Cc2ccccc2)C1. The molecule has 0 spiro atoms. The summed E-state index contributed by atoms with van der Waals surface area (Å²) in [5, 5.41) is 2.97. The molecule has 1 heterocycles. The van der Waals surface area contributed by atoms with Crippen LogP contribution in [-0.4, -0.2) is 23.9 Å². The minimum Gasteiger partial charge on any atom is -0.352 e. The van der Waals surface area contributed by atoms with Gasteiger partial charge in [0.2, 0.25) is 5.91 Å². The minimum absolute atomic E-state index is 0.0415. The monoisotopic (exact) mass is 362 g/mol. The molecule has 3 nitrogen and oxygen atoms in total. The molecule has 0 aromatic heterocycles. The van der Waals surface area contributed by atoms with Gasteiger partial charge in [0, 0.05) is 25.7 Å². The molecule has 2 aromatic carbocycles. The van der Waals surface area contributed by atoms with Crippen molar-refractivity contribution in [3.8, 4) is 0 Å². The topological polar surface area (TPSA) is 32.3 Å². The van der Waals surface area contributed by atoms with E-state index in [1.807, 2.05) is 6.07 Å². The molecular formula is C24H30N2O. The first-order chi connectivity index (χ1) is 13.2. The molecule has 2 atom stereocenters. The third-order valence-corrected chi connectivity index (χ3v) is 5.48. The molecule has 1 fully saturated rings. The molecule has 3 rings (SSSR count). The fraction of sp³-hybridized carbons (Fsp3) is 0.375. The number of rotatable bonds is 7. The van der Waals surface area contributed by atoms with E-state index in [2.05, 4.69) is 72.3 Å². The normalized spacial score (nSPS) is 20.2. The van der Waals surface area contributed by atoms with Crippen molar-refractivity contribution in [1.82, 2.24) is 10.2 Å². The van der Waals surface area contributed by atoms with Gasteiger partial charge in [-0.3, -0.25) is 9.69 Å². The van der Waals surface area contributed by atoms with Gasteiger partial charge in [-0.05, 0) is 36.0 Å². The summed E-state index contributed by atoms with van der Waals surface area (Å²) < 4.78 is 0. The Hall–Kier alpha value is -2.39. The van der Waals surface area contributed by atoms with Crippen LogP contribution in [-0.2, 0) is 17.8 Å². The van der Waals surface area contributed by atoms with Crippen molar-refractivity contribution in [3.63, 3.8) is 0 Å². The third kappa shape index (κ3) is 5.08. The van der Waals surface area contributed by atoms with Crippen molar-refractivity contribution in [3.05, 3.63) is 83.9 Å². The Morgan fingerprint density at radius 2 is 1.85 bits per heavy atom. The zero-order valence-corrected chi connectivity index (χ0v) is 16.2. The lowest BCUT2D eigenvalue weighted by Gasteiger charge is -2.39. The maximum absolute atomic E-state index is 12.5. The summed E-state index contributed by atoms with van der Waals surface area (Å²) in [6.07, 6.45) is 4.73. The van der Waals surface area contributed by atoms with E-state index < -0.39 is 0 Å². The quantitative estimate of drug-likeness (QED) is 0.735. The van der Waals surface area contributed by atoms with Crippen molar-refractivity contribution in [2.45, 2.75) is 38.8 Å². The molecule has 0 saturated carbocycles. The van der Waals surface area contributed by atoms with Gasteiger partial charge in [0.25, 0.3) is 0 Å². The Bertz CT molecular complexity index is 739. The van der Waals surface area contributed by atoms with Crippen LogP contribution in [0.25, 0.3) is 0 Å². The molecule has 0 radical (unpaired) electrons. The van der Waals surface area contributed by atoms with Crippen LogP contribution >= 0.6 is 0 Å². The molecule has 142 valence electrons. The Morgan fingerprint density at radius 3 is 2.52 bits per heavy atom. The van der Waals surface area contributed by atoms with Gasteiger partial charge < -0.3 is 5.32 Å². The molecule has 1 N–H and O–H groups in total. The van der Waals surface area contributed by atoms with Crippen molar-refractivity contribution >= 4 is 5.91 Å². The van der Waals surface area contributed by atoms with Crippen molar-refractivity contribution in [2.24, 2.45) is 5.92 Å². The third-order valence-electron chi connectivity index (χ3n) is 5.48. The Labute approximate surface area is 163 Å². The summed E-state index contributed by atoms with van der Waals surface area (Å²) in [4.78, 5) is 15.0. The van der Waals surface area contributed by atoms with Crippen LogP contribution in [0.2, 0.25) is 0 Å². The summed E-state index contributed by atoms with van der Waals surface area (Å²) in [5.74, 6) is 0.188. The van der Waals surface area contributed by atoms with Crippen molar-refractivity contribution < 1.29 is 4.79 Å². The van der Waals surface area contributed by atoms with E-state index in [-0.39, 0.29) is 11.8 Å². The largest absolute Gasteiger partial charge is 0.352 e. The molecule has 1 amide bonds. The molecule has 2 aromatic rings. The van der Waals surface area contributed by atoms with Gasteiger partial charge in [-0.15, -0.1) is 6.58 Å². The number of likely N-dealkylation sites (tertiary alicyclic amines) is 1. The number of amides is 1.